The van der Waals surface area contributed by atoms with E-state index in [0.717, 1.165) is 18.2 Å². The summed E-state index contributed by atoms with van der Waals surface area (Å²) in [6, 6.07) is 9.44. The third-order valence-corrected chi connectivity index (χ3v) is 3.60. The molecule has 0 aliphatic carbocycles. The number of hydrogen-bond acceptors (Lipinski definition) is 6. The van der Waals surface area contributed by atoms with Crippen LogP contribution in [0.15, 0.2) is 48.8 Å². The minimum absolute atomic E-state index is 0.0991. The summed E-state index contributed by atoms with van der Waals surface area (Å²) in [5.74, 6) is -0.188. The lowest BCUT2D eigenvalue weighted by molar-refractivity contribution is -0.137. The standard InChI is InChI=1S/C17H14F3N5O3/c1-27-15-6-5-11(17(18,19)20)7-14(15)22-16(26)9-28-13-4-2-3-12(8-13)25-10-21-23-24-25/h2-8,10H,9H2,1H3,(H,22,26). The molecule has 1 amide bonds. The van der Waals surface area contributed by atoms with E-state index in [1.54, 1.807) is 24.3 Å². The van der Waals surface area contributed by atoms with Crippen LogP contribution in [0.2, 0.25) is 0 Å². The van der Waals surface area contributed by atoms with Crippen LogP contribution < -0.4 is 14.8 Å². The number of rotatable bonds is 6. The van der Waals surface area contributed by atoms with Crippen molar-refractivity contribution < 1.29 is 27.4 Å². The second kappa shape index (κ2) is 7.94. The van der Waals surface area contributed by atoms with Gasteiger partial charge in [-0.1, -0.05) is 6.07 Å². The number of carbonyl (C=O) groups excluding carboxylic acids is 1. The number of nitrogens with zero attached hydrogens (tertiary/aromatic N) is 4. The normalized spacial score (nSPS) is 11.1. The molecule has 0 unspecified atom stereocenters. The molecule has 0 atom stereocenters. The van der Waals surface area contributed by atoms with Crippen molar-refractivity contribution in [1.82, 2.24) is 20.2 Å². The van der Waals surface area contributed by atoms with E-state index in [2.05, 4.69) is 20.8 Å². The summed E-state index contributed by atoms with van der Waals surface area (Å²) in [4.78, 5) is 12.1. The quantitative estimate of drug-likeness (QED) is 0.693. The van der Waals surface area contributed by atoms with Gasteiger partial charge in [0.2, 0.25) is 0 Å². The zero-order chi connectivity index (χ0) is 20.1. The third kappa shape index (κ3) is 4.55. The van der Waals surface area contributed by atoms with E-state index in [1.807, 2.05) is 0 Å². The molecule has 146 valence electrons. The zero-order valence-corrected chi connectivity index (χ0v) is 14.5. The highest BCUT2D eigenvalue weighted by Crippen LogP contribution is 2.34. The predicted octanol–water partition coefficient (Wildman–Crippen LogP) is 2.71. The van der Waals surface area contributed by atoms with Crippen molar-refractivity contribution in [2.45, 2.75) is 6.18 Å². The Bertz CT molecular complexity index is 961. The number of ether oxygens (including phenoxy) is 2. The molecule has 2 aromatic carbocycles. The van der Waals surface area contributed by atoms with Crippen LogP contribution in [0.1, 0.15) is 5.56 Å². The molecular formula is C17H14F3N5O3. The maximum absolute atomic E-state index is 12.9. The Hall–Kier alpha value is -3.63. The van der Waals surface area contributed by atoms with Gasteiger partial charge in [0.05, 0.1) is 24.0 Å². The minimum Gasteiger partial charge on any atom is -0.495 e. The maximum Gasteiger partial charge on any atom is 0.416 e. The van der Waals surface area contributed by atoms with E-state index in [-0.39, 0.29) is 11.4 Å². The van der Waals surface area contributed by atoms with Crippen molar-refractivity contribution in [2.75, 3.05) is 19.0 Å². The van der Waals surface area contributed by atoms with Gasteiger partial charge in [-0.2, -0.15) is 13.2 Å². The molecule has 3 aromatic rings. The molecule has 0 saturated heterocycles. The average Bonchev–Trinajstić information content (AvgIpc) is 3.21. The van der Waals surface area contributed by atoms with Crippen LogP contribution in [0.25, 0.3) is 5.69 Å². The van der Waals surface area contributed by atoms with Crippen LogP contribution >= 0.6 is 0 Å². The minimum atomic E-state index is -4.54. The van der Waals surface area contributed by atoms with Gasteiger partial charge in [-0.3, -0.25) is 4.79 Å². The van der Waals surface area contributed by atoms with Gasteiger partial charge in [-0.25, -0.2) is 4.68 Å². The van der Waals surface area contributed by atoms with Crippen molar-refractivity contribution in [1.29, 1.82) is 0 Å². The van der Waals surface area contributed by atoms with Gasteiger partial charge >= 0.3 is 6.18 Å². The fourth-order valence-electron chi connectivity index (χ4n) is 2.31. The third-order valence-electron chi connectivity index (χ3n) is 3.60. The molecule has 1 heterocycles. The Balaban J connectivity index is 1.67. The second-order valence-corrected chi connectivity index (χ2v) is 5.50. The first-order valence-corrected chi connectivity index (χ1v) is 7.88. The lowest BCUT2D eigenvalue weighted by Crippen LogP contribution is -2.21. The van der Waals surface area contributed by atoms with E-state index >= 15 is 0 Å². The van der Waals surface area contributed by atoms with E-state index in [1.165, 1.54) is 18.1 Å². The van der Waals surface area contributed by atoms with Crippen LogP contribution in [0.4, 0.5) is 18.9 Å². The molecule has 1 N–H and O–H groups in total. The summed E-state index contributed by atoms with van der Waals surface area (Å²) in [5, 5.41) is 13.2. The van der Waals surface area contributed by atoms with Gasteiger partial charge < -0.3 is 14.8 Å². The van der Waals surface area contributed by atoms with Gasteiger partial charge in [-0.15, -0.1) is 5.10 Å². The molecule has 0 aliphatic heterocycles. The lowest BCUT2D eigenvalue weighted by Gasteiger charge is -2.14. The van der Waals surface area contributed by atoms with E-state index in [9.17, 15) is 18.0 Å². The molecule has 0 saturated carbocycles. The van der Waals surface area contributed by atoms with Gasteiger partial charge in [0.25, 0.3) is 5.91 Å². The molecule has 28 heavy (non-hydrogen) atoms. The van der Waals surface area contributed by atoms with Crippen LogP contribution in [-0.2, 0) is 11.0 Å². The van der Waals surface area contributed by atoms with Crippen molar-refractivity contribution in [2.24, 2.45) is 0 Å². The number of carbonyl (C=O) groups is 1. The first-order chi connectivity index (χ1) is 13.4. The summed E-state index contributed by atoms with van der Waals surface area (Å²) in [6.07, 6.45) is -3.15. The highest BCUT2D eigenvalue weighted by molar-refractivity contribution is 5.93. The summed E-state index contributed by atoms with van der Waals surface area (Å²) in [6.45, 7) is -0.418. The Kier molecular flexibility index (Phi) is 5.43. The largest absolute Gasteiger partial charge is 0.495 e. The van der Waals surface area contributed by atoms with Crippen LogP contribution in [0.3, 0.4) is 0 Å². The Labute approximate surface area is 156 Å². The SMILES string of the molecule is COc1ccc(C(F)(F)F)cc1NC(=O)COc1cccc(-n2cnnn2)c1. The van der Waals surface area contributed by atoms with Crippen molar-refractivity contribution in [3.8, 4) is 17.2 Å². The smallest absolute Gasteiger partial charge is 0.416 e. The highest BCUT2D eigenvalue weighted by atomic mass is 19.4. The molecule has 0 radical (unpaired) electrons. The molecule has 1 aromatic heterocycles. The van der Waals surface area contributed by atoms with Crippen molar-refractivity contribution >= 4 is 11.6 Å². The maximum atomic E-state index is 12.9. The summed E-state index contributed by atoms with van der Waals surface area (Å²) < 4.78 is 50.4. The molecule has 0 bridgehead atoms. The van der Waals surface area contributed by atoms with Gasteiger partial charge in [0.1, 0.15) is 17.8 Å². The lowest BCUT2D eigenvalue weighted by atomic mass is 10.1. The molecule has 3 rings (SSSR count). The number of aromatic nitrogens is 4. The number of halogens is 3. The molecule has 0 aliphatic rings. The molecular weight excluding hydrogens is 379 g/mol. The van der Waals surface area contributed by atoms with Crippen LogP contribution in [0.5, 0.6) is 11.5 Å². The van der Waals surface area contributed by atoms with E-state index in [4.69, 9.17) is 9.47 Å². The van der Waals surface area contributed by atoms with Crippen LogP contribution in [-0.4, -0.2) is 39.8 Å². The molecule has 0 fully saturated rings. The van der Waals surface area contributed by atoms with E-state index < -0.39 is 24.3 Å². The number of benzene rings is 2. The van der Waals surface area contributed by atoms with Crippen molar-refractivity contribution in [3.05, 3.63) is 54.4 Å². The fourth-order valence-corrected chi connectivity index (χ4v) is 2.31. The average molecular weight is 393 g/mol. The first-order valence-electron chi connectivity index (χ1n) is 7.88. The Morgan fingerprint density at radius 2 is 2.04 bits per heavy atom. The first kappa shape index (κ1) is 19.1. The number of anilines is 1. The summed E-state index contributed by atoms with van der Waals surface area (Å²) in [5.41, 5.74) is -0.394. The summed E-state index contributed by atoms with van der Waals surface area (Å²) in [7, 11) is 1.29. The van der Waals surface area contributed by atoms with Gasteiger partial charge in [0.15, 0.2) is 6.61 Å². The van der Waals surface area contributed by atoms with E-state index in [0.29, 0.717) is 11.4 Å². The second-order valence-electron chi connectivity index (χ2n) is 5.50. The molecule has 8 nitrogen and oxygen atoms in total. The molecule has 0 spiro atoms. The number of nitrogens with one attached hydrogen (secondary N) is 1. The highest BCUT2D eigenvalue weighted by Gasteiger charge is 2.31. The number of methoxy groups -OCH3 is 1. The Morgan fingerprint density at radius 1 is 1.21 bits per heavy atom. The number of hydrogen-bond donors (Lipinski definition) is 1. The predicted molar refractivity (Wildman–Crippen MR) is 91.3 cm³/mol. The van der Waals surface area contributed by atoms with Crippen LogP contribution in [0, 0.1) is 0 Å². The molecule has 11 heteroatoms. The number of amides is 1. The van der Waals surface area contributed by atoms with Gasteiger partial charge in [0, 0.05) is 6.07 Å². The fraction of sp³-hybridized carbons (Fsp3) is 0.176. The van der Waals surface area contributed by atoms with Crippen molar-refractivity contribution in [3.63, 3.8) is 0 Å². The monoisotopic (exact) mass is 393 g/mol. The topological polar surface area (TPSA) is 91.2 Å². The number of alkyl halides is 3. The zero-order valence-electron chi connectivity index (χ0n) is 14.5. The Morgan fingerprint density at radius 3 is 2.71 bits per heavy atom. The summed E-state index contributed by atoms with van der Waals surface area (Å²) >= 11 is 0. The number of tetrazole rings is 1. The van der Waals surface area contributed by atoms with Gasteiger partial charge in [-0.05, 0) is 40.8 Å².